The van der Waals surface area contributed by atoms with Gasteiger partial charge in [0.1, 0.15) is 6.61 Å². The molecule has 0 atom stereocenters. The van der Waals surface area contributed by atoms with Crippen molar-refractivity contribution in [2.75, 3.05) is 5.73 Å². The quantitative estimate of drug-likeness (QED) is 0.417. The molecule has 0 spiro atoms. The molecule has 0 saturated carbocycles. The lowest BCUT2D eigenvalue weighted by atomic mass is 9.98. The number of hydrogen-bond donors (Lipinski definition) is 2. The third-order valence-corrected chi connectivity index (χ3v) is 2.48. The highest BCUT2D eigenvalue weighted by molar-refractivity contribution is 5.58. The molecule has 3 heteroatoms. The van der Waals surface area contributed by atoms with Crippen LogP contribution in [0.25, 0.3) is 0 Å². The van der Waals surface area contributed by atoms with Gasteiger partial charge in [0.15, 0.2) is 0 Å². The Kier molecular flexibility index (Phi) is 2.90. The Morgan fingerprint density at radius 3 is 2.46 bits per heavy atom. The van der Waals surface area contributed by atoms with Crippen molar-refractivity contribution in [1.29, 1.82) is 0 Å². The minimum absolute atomic E-state index is 0.216. The molecule has 0 bridgehead atoms. The van der Waals surface area contributed by atoms with Gasteiger partial charge in [0.2, 0.25) is 0 Å². The van der Waals surface area contributed by atoms with Crippen molar-refractivity contribution in [2.24, 2.45) is 0 Å². The highest BCUT2D eigenvalue weighted by Crippen LogP contribution is 2.24. The van der Waals surface area contributed by atoms with Crippen LogP contribution in [-0.2, 0) is 11.5 Å². The zero-order valence-corrected chi connectivity index (χ0v) is 8.22. The van der Waals surface area contributed by atoms with Crippen molar-refractivity contribution in [2.45, 2.75) is 27.4 Å². The number of rotatable bonds is 2. The first-order chi connectivity index (χ1) is 6.07. The van der Waals surface area contributed by atoms with E-state index in [-0.39, 0.29) is 6.61 Å². The molecule has 1 aromatic rings. The topological polar surface area (TPSA) is 55.5 Å². The average molecular weight is 181 g/mol. The molecule has 3 N–H and O–H groups in total. The van der Waals surface area contributed by atoms with Crippen LogP contribution in [0.3, 0.4) is 0 Å². The van der Waals surface area contributed by atoms with Gasteiger partial charge in [-0.2, -0.15) is 0 Å². The Labute approximate surface area is 78.1 Å². The van der Waals surface area contributed by atoms with Gasteiger partial charge in [-0.05, 0) is 43.0 Å². The van der Waals surface area contributed by atoms with E-state index in [1.807, 2.05) is 26.8 Å². The molecule has 0 unspecified atom stereocenters. The second kappa shape index (κ2) is 3.77. The molecule has 0 radical (unpaired) electrons. The van der Waals surface area contributed by atoms with Crippen molar-refractivity contribution in [3.8, 4) is 0 Å². The summed E-state index contributed by atoms with van der Waals surface area (Å²) in [5, 5.41) is 8.36. The molecule has 3 nitrogen and oxygen atoms in total. The number of nitrogen functional groups attached to an aromatic ring is 1. The Bertz CT molecular complexity index is 321. The van der Waals surface area contributed by atoms with Crippen molar-refractivity contribution in [3.05, 3.63) is 28.3 Å². The summed E-state index contributed by atoms with van der Waals surface area (Å²) in [6, 6.07) is 1.94. The Morgan fingerprint density at radius 2 is 1.92 bits per heavy atom. The lowest BCUT2D eigenvalue weighted by molar-refractivity contribution is -0.253. The number of nitrogens with two attached hydrogens (primary N) is 1. The van der Waals surface area contributed by atoms with E-state index in [0.29, 0.717) is 0 Å². The largest absolute Gasteiger partial charge is 0.398 e. The van der Waals surface area contributed by atoms with E-state index >= 15 is 0 Å². The normalized spacial score (nSPS) is 10.5. The Morgan fingerprint density at radius 1 is 1.31 bits per heavy atom. The van der Waals surface area contributed by atoms with Crippen LogP contribution in [-0.4, -0.2) is 5.26 Å². The standard InChI is InChI=1S/C10H15NO2/c1-6-4-9(5-13-12)7(2)8(3)10(6)11/h4,12H,5,11H2,1-3H3. The van der Waals surface area contributed by atoms with Crippen LogP contribution in [0.1, 0.15) is 22.3 Å². The van der Waals surface area contributed by atoms with Gasteiger partial charge in [-0.15, -0.1) is 0 Å². The number of anilines is 1. The van der Waals surface area contributed by atoms with Crippen molar-refractivity contribution < 1.29 is 10.1 Å². The van der Waals surface area contributed by atoms with Gasteiger partial charge in [-0.1, -0.05) is 6.07 Å². The van der Waals surface area contributed by atoms with E-state index < -0.39 is 0 Å². The third kappa shape index (κ3) is 1.82. The molecule has 0 amide bonds. The van der Waals surface area contributed by atoms with Gasteiger partial charge in [0.05, 0.1) is 0 Å². The van der Waals surface area contributed by atoms with E-state index in [4.69, 9.17) is 11.0 Å². The lowest BCUT2D eigenvalue weighted by Gasteiger charge is -2.12. The average Bonchev–Trinajstić information content (AvgIpc) is 2.11. The summed E-state index contributed by atoms with van der Waals surface area (Å²) in [6.45, 7) is 6.11. The van der Waals surface area contributed by atoms with Crippen molar-refractivity contribution in [3.63, 3.8) is 0 Å². The maximum absolute atomic E-state index is 8.36. The minimum atomic E-state index is 0.216. The third-order valence-electron chi connectivity index (χ3n) is 2.48. The molecule has 1 aromatic carbocycles. The predicted octanol–water partition coefficient (Wildman–Crippen LogP) is 2.18. The first kappa shape index (κ1) is 10.0. The summed E-state index contributed by atoms with van der Waals surface area (Å²) in [5.41, 5.74) is 10.8. The molecular weight excluding hydrogens is 166 g/mol. The Balaban J connectivity index is 3.24. The molecule has 0 aromatic heterocycles. The minimum Gasteiger partial charge on any atom is -0.398 e. The molecule has 0 heterocycles. The van der Waals surface area contributed by atoms with E-state index in [0.717, 1.165) is 27.9 Å². The van der Waals surface area contributed by atoms with Crippen LogP contribution in [0.5, 0.6) is 0 Å². The first-order valence-corrected chi connectivity index (χ1v) is 4.19. The summed E-state index contributed by atoms with van der Waals surface area (Å²) in [6.07, 6.45) is 0. The Hall–Kier alpha value is -1.06. The molecule has 13 heavy (non-hydrogen) atoms. The maximum atomic E-state index is 8.36. The number of benzene rings is 1. The fourth-order valence-electron chi connectivity index (χ4n) is 1.41. The summed E-state index contributed by atoms with van der Waals surface area (Å²) in [7, 11) is 0. The van der Waals surface area contributed by atoms with Gasteiger partial charge in [0.25, 0.3) is 0 Å². The molecule has 72 valence electrons. The van der Waals surface area contributed by atoms with Crippen LogP contribution in [0.15, 0.2) is 6.07 Å². The summed E-state index contributed by atoms with van der Waals surface area (Å²) >= 11 is 0. The summed E-state index contributed by atoms with van der Waals surface area (Å²) in [5.74, 6) is 0. The molecule has 0 saturated heterocycles. The van der Waals surface area contributed by atoms with Crippen LogP contribution >= 0.6 is 0 Å². The fraction of sp³-hybridized carbons (Fsp3) is 0.400. The number of hydrogen-bond acceptors (Lipinski definition) is 3. The first-order valence-electron chi connectivity index (χ1n) is 4.19. The zero-order valence-electron chi connectivity index (χ0n) is 8.22. The molecule has 1 rings (SSSR count). The second-order valence-electron chi connectivity index (χ2n) is 3.29. The van der Waals surface area contributed by atoms with Crippen LogP contribution < -0.4 is 5.73 Å². The lowest BCUT2D eigenvalue weighted by Crippen LogP contribution is -2.01. The van der Waals surface area contributed by atoms with Crippen LogP contribution in [0, 0.1) is 20.8 Å². The molecule has 0 fully saturated rings. The molecular formula is C10H15NO2. The number of aryl methyl sites for hydroxylation is 1. The van der Waals surface area contributed by atoms with E-state index in [1.165, 1.54) is 0 Å². The summed E-state index contributed by atoms with van der Waals surface area (Å²) in [4.78, 5) is 4.12. The van der Waals surface area contributed by atoms with Crippen LogP contribution in [0.2, 0.25) is 0 Å². The van der Waals surface area contributed by atoms with Crippen molar-refractivity contribution in [1.82, 2.24) is 0 Å². The fourth-order valence-corrected chi connectivity index (χ4v) is 1.41. The maximum Gasteiger partial charge on any atom is 0.107 e. The molecule has 0 aliphatic carbocycles. The predicted molar refractivity (Wildman–Crippen MR) is 52.5 cm³/mol. The van der Waals surface area contributed by atoms with Crippen molar-refractivity contribution >= 4 is 5.69 Å². The highest BCUT2D eigenvalue weighted by atomic mass is 17.1. The highest BCUT2D eigenvalue weighted by Gasteiger charge is 2.07. The van der Waals surface area contributed by atoms with Gasteiger partial charge in [-0.25, -0.2) is 4.89 Å². The van der Waals surface area contributed by atoms with E-state index in [9.17, 15) is 0 Å². The zero-order chi connectivity index (χ0) is 10.0. The smallest absolute Gasteiger partial charge is 0.107 e. The van der Waals surface area contributed by atoms with Gasteiger partial charge < -0.3 is 5.73 Å². The molecule has 0 aliphatic heterocycles. The SMILES string of the molecule is Cc1cc(COO)c(C)c(C)c1N. The van der Waals surface area contributed by atoms with E-state index in [1.54, 1.807) is 0 Å². The summed E-state index contributed by atoms with van der Waals surface area (Å²) < 4.78 is 0. The second-order valence-corrected chi connectivity index (χ2v) is 3.29. The van der Waals surface area contributed by atoms with Gasteiger partial charge in [-0.3, -0.25) is 5.26 Å². The molecule has 0 aliphatic rings. The van der Waals surface area contributed by atoms with Gasteiger partial charge in [0, 0.05) is 5.69 Å². The van der Waals surface area contributed by atoms with E-state index in [2.05, 4.69) is 4.89 Å². The van der Waals surface area contributed by atoms with Gasteiger partial charge >= 0.3 is 0 Å². The van der Waals surface area contributed by atoms with Crippen LogP contribution in [0.4, 0.5) is 5.69 Å². The monoisotopic (exact) mass is 181 g/mol.